The van der Waals surface area contributed by atoms with Crippen molar-refractivity contribution in [3.05, 3.63) is 47.9 Å². The van der Waals surface area contributed by atoms with Crippen LogP contribution < -0.4 is 4.90 Å². The predicted molar refractivity (Wildman–Crippen MR) is 126 cm³/mol. The van der Waals surface area contributed by atoms with Crippen LogP contribution in [0.5, 0.6) is 0 Å². The highest BCUT2D eigenvalue weighted by Crippen LogP contribution is 2.46. The monoisotopic (exact) mass is 505 g/mol. The lowest BCUT2D eigenvalue weighted by atomic mass is 10.1. The molecule has 2 aliphatic rings. The summed E-state index contributed by atoms with van der Waals surface area (Å²) in [5, 5.41) is 0.670. The lowest BCUT2D eigenvalue weighted by Crippen LogP contribution is -2.59. The summed E-state index contributed by atoms with van der Waals surface area (Å²) in [6, 6.07) is 1.84. The van der Waals surface area contributed by atoms with E-state index >= 15 is 0 Å². The van der Waals surface area contributed by atoms with E-state index in [4.69, 9.17) is 4.74 Å². The average molecular weight is 506 g/mol. The summed E-state index contributed by atoms with van der Waals surface area (Å²) in [5.41, 5.74) is 0.816. The second-order valence-corrected chi connectivity index (χ2v) is 10.3. The summed E-state index contributed by atoms with van der Waals surface area (Å²) >= 11 is 0. The summed E-state index contributed by atoms with van der Waals surface area (Å²) < 4.78 is 63.1. The highest BCUT2D eigenvalue weighted by atomic mass is 19.3. The number of nitrogens with zero attached hydrogens (tertiary/aromatic N) is 5. The largest absolute Gasteiger partial charge is 0.444 e. The smallest absolute Gasteiger partial charge is 0.410 e. The van der Waals surface area contributed by atoms with Gasteiger partial charge in [-0.05, 0) is 57.2 Å². The minimum Gasteiger partial charge on any atom is -0.444 e. The van der Waals surface area contributed by atoms with Crippen molar-refractivity contribution in [1.29, 1.82) is 0 Å². The van der Waals surface area contributed by atoms with Crippen LogP contribution in [-0.2, 0) is 4.74 Å². The van der Waals surface area contributed by atoms with Gasteiger partial charge in [0.05, 0.1) is 11.1 Å². The Kier molecular flexibility index (Phi) is 6.04. The van der Waals surface area contributed by atoms with E-state index in [1.807, 2.05) is 0 Å². The highest BCUT2D eigenvalue weighted by molar-refractivity contribution is 5.93. The minimum atomic E-state index is -2.79. The molecular formula is C25H27F4N5O2. The number of carbonyl (C=O) groups excluding carboxylic acids is 1. The van der Waals surface area contributed by atoms with Gasteiger partial charge >= 0.3 is 6.09 Å². The van der Waals surface area contributed by atoms with Gasteiger partial charge in [-0.1, -0.05) is 0 Å². The summed E-state index contributed by atoms with van der Waals surface area (Å²) in [5.74, 6) is -0.739. The lowest BCUT2D eigenvalue weighted by Gasteiger charge is -2.41. The van der Waals surface area contributed by atoms with E-state index in [-0.39, 0.29) is 31.2 Å². The molecule has 0 N–H and O–H groups in total. The Morgan fingerprint density at radius 2 is 1.78 bits per heavy atom. The van der Waals surface area contributed by atoms with E-state index < -0.39 is 35.8 Å². The highest BCUT2D eigenvalue weighted by Gasteiger charge is 2.40. The summed E-state index contributed by atoms with van der Waals surface area (Å²) in [4.78, 5) is 24.2. The van der Waals surface area contributed by atoms with Gasteiger partial charge in [0.1, 0.15) is 41.1 Å². The van der Waals surface area contributed by atoms with Crippen LogP contribution >= 0.6 is 0 Å². The Morgan fingerprint density at radius 1 is 1.08 bits per heavy atom. The van der Waals surface area contributed by atoms with Crippen LogP contribution in [0.2, 0.25) is 0 Å². The summed E-state index contributed by atoms with van der Waals surface area (Å²) in [7, 11) is 0. The molecule has 1 saturated heterocycles. The molecule has 1 aromatic carbocycles. The van der Waals surface area contributed by atoms with E-state index in [1.165, 1.54) is 18.5 Å². The molecule has 0 unspecified atom stereocenters. The second-order valence-electron chi connectivity index (χ2n) is 10.3. The van der Waals surface area contributed by atoms with E-state index in [0.717, 1.165) is 29.4 Å². The van der Waals surface area contributed by atoms with Crippen molar-refractivity contribution in [2.45, 2.75) is 57.6 Å². The van der Waals surface area contributed by atoms with Crippen LogP contribution in [0, 0.1) is 11.6 Å². The molecule has 1 aliphatic carbocycles. The molecule has 0 radical (unpaired) electrons. The van der Waals surface area contributed by atoms with Crippen LogP contribution in [0.4, 0.5) is 28.2 Å². The summed E-state index contributed by atoms with van der Waals surface area (Å²) in [6.07, 6.45) is 1.43. The van der Waals surface area contributed by atoms with Crippen molar-refractivity contribution >= 4 is 22.9 Å². The average Bonchev–Trinajstić information content (AvgIpc) is 3.56. The summed E-state index contributed by atoms with van der Waals surface area (Å²) in [6.45, 7) is 5.20. The van der Waals surface area contributed by atoms with E-state index in [9.17, 15) is 22.4 Å². The topological polar surface area (TPSA) is 63.5 Å². The number of halogens is 4. The first-order valence-electron chi connectivity index (χ1n) is 11.9. The number of amides is 1. The number of aromatic nitrogens is 3. The number of rotatable bonds is 4. The zero-order chi connectivity index (χ0) is 25.8. The molecular weight excluding hydrogens is 478 g/mol. The van der Waals surface area contributed by atoms with Gasteiger partial charge in [0.25, 0.3) is 6.43 Å². The molecule has 1 saturated carbocycles. The zero-order valence-electron chi connectivity index (χ0n) is 20.2. The first kappa shape index (κ1) is 24.3. The van der Waals surface area contributed by atoms with Crippen molar-refractivity contribution in [2.75, 3.05) is 24.5 Å². The van der Waals surface area contributed by atoms with Crippen molar-refractivity contribution < 1.29 is 27.1 Å². The van der Waals surface area contributed by atoms with Crippen molar-refractivity contribution in [1.82, 2.24) is 19.4 Å². The number of piperazine rings is 1. The molecule has 1 atom stereocenters. The van der Waals surface area contributed by atoms with Crippen LogP contribution in [0.15, 0.2) is 30.7 Å². The number of alkyl halides is 2. The molecule has 0 bridgehead atoms. The van der Waals surface area contributed by atoms with E-state index in [1.54, 1.807) is 36.4 Å². The Bertz CT molecular complexity index is 1280. The van der Waals surface area contributed by atoms with Gasteiger partial charge in [0, 0.05) is 31.9 Å². The Balaban J connectivity index is 1.54. The third-order valence-electron chi connectivity index (χ3n) is 6.37. The fourth-order valence-corrected chi connectivity index (χ4v) is 4.66. The van der Waals surface area contributed by atoms with Crippen molar-refractivity contribution in [3.8, 4) is 5.69 Å². The van der Waals surface area contributed by atoms with Crippen LogP contribution in [-0.4, -0.2) is 63.2 Å². The van der Waals surface area contributed by atoms with Crippen LogP contribution in [0.3, 0.4) is 0 Å². The standard InChI is InChI=1S/C25H27F4N5O2/c1-25(2,3)36-24(35)33-7-6-32(12-19(33)21(28)29)22-20-18(14-4-5-14)11-34(23(20)31-13-30-22)17-9-15(26)8-16(27)10-17/h8-11,13-14,19,21H,4-7,12H2,1-3H3/t19-/m0/s1. The molecule has 0 spiro atoms. The van der Waals surface area contributed by atoms with Gasteiger partial charge in [0.2, 0.25) is 0 Å². The first-order chi connectivity index (χ1) is 17.0. The third kappa shape index (κ3) is 4.70. The SMILES string of the molecule is CC(C)(C)OC(=O)N1CCN(c2ncnc3c2c(C2CC2)cn3-c2cc(F)cc(F)c2)C[C@H]1C(F)F. The number of anilines is 1. The van der Waals surface area contributed by atoms with Gasteiger partial charge in [0.15, 0.2) is 0 Å². The Labute approximate surface area is 205 Å². The fraction of sp³-hybridized carbons (Fsp3) is 0.480. The number of hydrogen-bond donors (Lipinski definition) is 0. The van der Waals surface area contributed by atoms with Crippen LogP contribution in [0.25, 0.3) is 16.7 Å². The second kappa shape index (κ2) is 8.94. The predicted octanol–water partition coefficient (Wildman–Crippen LogP) is 5.27. The number of carbonyl (C=O) groups is 1. The van der Waals surface area contributed by atoms with Gasteiger partial charge in [-0.3, -0.25) is 4.90 Å². The molecule has 36 heavy (non-hydrogen) atoms. The lowest BCUT2D eigenvalue weighted by molar-refractivity contribution is -0.0179. The molecule has 11 heteroatoms. The van der Waals surface area contributed by atoms with Gasteiger partial charge in [-0.2, -0.15) is 0 Å². The molecule has 3 aromatic rings. The molecule has 2 aromatic heterocycles. The molecule has 7 nitrogen and oxygen atoms in total. The Morgan fingerprint density at radius 3 is 2.39 bits per heavy atom. The quantitative estimate of drug-likeness (QED) is 0.453. The number of benzene rings is 1. The van der Waals surface area contributed by atoms with E-state index in [2.05, 4.69) is 9.97 Å². The molecule has 3 heterocycles. The molecule has 1 aliphatic heterocycles. The maximum Gasteiger partial charge on any atom is 0.410 e. The maximum atomic E-state index is 14.1. The zero-order valence-corrected chi connectivity index (χ0v) is 20.2. The molecule has 2 fully saturated rings. The van der Waals surface area contributed by atoms with E-state index in [0.29, 0.717) is 16.9 Å². The first-order valence-corrected chi connectivity index (χ1v) is 11.9. The number of ether oxygens (including phenoxy) is 1. The van der Waals surface area contributed by atoms with Crippen molar-refractivity contribution in [2.24, 2.45) is 0 Å². The Hall–Kier alpha value is -3.37. The van der Waals surface area contributed by atoms with Crippen molar-refractivity contribution in [3.63, 3.8) is 0 Å². The maximum absolute atomic E-state index is 14.1. The molecule has 192 valence electrons. The normalized spacial score (nSPS) is 18.8. The molecule has 1 amide bonds. The minimum absolute atomic E-state index is 0.0317. The third-order valence-corrected chi connectivity index (χ3v) is 6.37. The molecule has 5 rings (SSSR count). The fourth-order valence-electron chi connectivity index (χ4n) is 4.66. The number of fused-ring (bicyclic) bond motifs is 1. The number of hydrogen-bond acceptors (Lipinski definition) is 5. The van der Waals surface area contributed by atoms with Crippen LogP contribution in [0.1, 0.15) is 45.1 Å². The van der Waals surface area contributed by atoms with Gasteiger partial charge < -0.3 is 14.2 Å². The van der Waals surface area contributed by atoms with Gasteiger partial charge in [-0.25, -0.2) is 32.3 Å². The van der Waals surface area contributed by atoms with Gasteiger partial charge in [-0.15, -0.1) is 0 Å².